The number of hydrogen-bond donors (Lipinski definition) is 2. The molecule has 6 atom stereocenters. The van der Waals surface area contributed by atoms with E-state index in [1.165, 1.54) is 31.0 Å². The Hall–Kier alpha value is -5.36. The summed E-state index contributed by atoms with van der Waals surface area (Å²) in [6.45, 7) is 4.80. The summed E-state index contributed by atoms with van der Waals surface area (Å²) < 4.78 is 50.3. The number of ether oxygens (including phenoxy) is 3. The number of carbonyl (C=O) groups excluding carboxylic acids is 1. The zero-order valence-electron chi connectivity index (χ0n) is 38.6. The van der Waals surface area contributed by atoms with Gasteiger partial charge in [0.15, 0.2) is 0 Å². The van der Waals surface area contributed by atoms with Crippen molar-refractivity contribution in [3.05, 3.63) is 155 Å². The van der Waals surface area contributed by atoms with E-state index in [4.69, 9.17) is 24.2 Å². The van der Waals surface area contributed by atoms with Gasteiger partial charge < -0.3 is 34.2 Å². The maximum absolute atomic E-state index is 15.2. The smallest absolute Gasteiger partial charge is 0.239 e. The number of rotatable bonds is 23. The van der Waals surface area contributed by atoms with Gasteiger partial charge in [-0.25, -0.2) is 8.78 Å². The van der Waals surface area contributed by atoms with Crippen molar-refractivity contribution in [2.75, 3.05) is 19.8 Å². The van der Waals surface area contributed by atoms with E-state index < -0.39 is 17.7 Å². The molecule has 1 aliphatic heterocycles. The summed E-state index contributed by atoms with van der Waals surface area (Å²) >= 11 is 0. The number of oxime groups is 1. The van der Waals surface area contributed by atoms with Gasteiger partial charge in [0.05, 0.1) is 18.2 Å². The average molecular weight is 917 g/mol. The zero-order valence-corrected chi connectivity index (χ0v) is 38.6. The maximum Gasteiger partial charge on any atom is 0.239 e. The van der Waals surface area contributed by atoms with Crippen LogP contribution in [0, 0.1) is 35.3 Å². The molecule has 0 saturated heterocycles. The van der Waals surface area contributed by atoms with Crippen LogP contribution in [0.2, 0.25) is 0 Å². The van der Waals surface area contributed by atoms with Gasteiger partial charge >= 0.3 is 0 Å². The standard InChI is InChI=1S/C56H66F2N2O7/c1-2-32-65-56-52(60(36-40-22-25-44(57)26-23-40)53(63)29-24-39-14-6-7-15-39)35-50(59-66-37-41-16-4-3-5-17-41)47-33-42(18-10-12-30-61)46(20-11-13-31-62)54(55(47)56)48-34-45(27-28-51(48)67-56)64-38-43-19-8-9-21-49(43)58/h2-5,8-9,16-17,19,21-23,25-28,33-34,39,42,46,52,54-55,61-62H,1,6-7,10-15,18,20,24,29-32,35-38H2. The molecule has 67 heavy (non-hydrogen) atoms. The van der Waals surface area contributed by atoms with E-state index in [1.54, 1.807) is 36.4 Å². The molecule has 9 nitrogen and oxygen atoms in total. The number of aliphatic hydroxyl groups is 2. The minimum Gasteiger partial charge on any atom is -0.489 e. The molecule has 0 spiro atoms. The number of aliphatic hydroxyl groups excluding tert-OH is 2. The molecule has 0 radical (unpaired) electrons. The van der Waals surface area contributed by atoms with Gasteiger partial charge in [-0.2, -0.15) is 0 Å². The van der Waals surface area contributed by atoms with Crippen molar-refractivity contribution in [1.29, 1.82) is 0 Å². The molecule has 4 aromatic carbocycles. The molecule has 2 fully saturated rings. The van der Waals surface area contributed by atoms with E-state index in [9.17, 15) is 19.0 Å². The molecule has 8 rings (SSSR count). The molecule has 3 aliphatic carbocycles. The summed E-state index contributed by atoms with van der Waals surface area (Å²) in [4.78, 5) is 23.4. The van der Waals surface area contributed by atoms with Crippen LogP contribution in [0.25, 0.3) is 0 Å². The minimum absolute atomic E-state index is 0.00372. The third-order valence-electron chi connectivity index (χ3n) is 14.4. The van der Waals surface area contributed by atoms with Crippen molar-refractivity contribution >= 4 is 11.6 Å². The number of amides is 1. The topological polar surface area (TPSA) is 110 Å². The van der Waals surface area contributed by atoms with E-state index >= 15 is 4.79 Å². The second kappa shape index (κ2) is 23.1. The largest absolute Gasteiger partial charge is 0.489 e. The summed E-state index contributed by atoms with van der Waals surface area (Å²) in [5.41, 5.74) is 4.70. The molecule has 0 bridgehead atoms. The first-order valence-electron chi connectivity index (χ1n) is 24.5. The zero-order chi connectivity index (χ0) is 46.6. The number of fused-ring (bicyclic) bond motifs is 2. The number of halogens is 2. The highest BCUT2D eigenvalue weighted by Crippen LogP contribution is 2.62. The van der Waals surface area contributed by atoms with Crippen LogP contribution in [0.15, 0.2) is 127 Å². The summed E-state index contributed by atoms with van der Waals surface area (Å²) in [6.07, 6.45) is 14.4. The lowest BCUT2D eigenvalue weighted by molar-refractivity contribution is -0.258. The molecule has 2 saturated carbocycles. The summed E-state index contributed by atoms with van der Waals surface area (Å²) in [7, 11) is 0. The first kappa shape index (κ1) is 48.1. The van der Waals surface area contributed by atoms with E-state index in [-0.39, 0.29) is 81.3 Å². The minimum atomic E-state index is -1.46. The van der Waals surface area contributed by atoms with Gasteiger partial charge in [0, 0.05) is 49.6 Å². The predicted octanol–water partition coefficient (Wildman–Crippen LogP) is 11.4. The Balaban J connectivity index is 1.31. The fourth-order valence-electron chi connectivity index (χ4n) is 11.2. The molecule has 2 N–H and O–H groups in total. The number of benzene rings is 4. The molecule has 11 heteroatoms. The maximum atomic E-state index is 15.2. The lowest BCUT2D eigenvalue weighted by Crippen LogP contribution is -2.70. The van der Waals surface area contributed by atoms with Crippen molar-refractivity contribution in [1.82, 2.24) is 4.90 Å². The molecule has 0 aromatic heterocycles. The lowest BCUT2D eigenvalue weighted by atomic mass is 9.55. The van der Waals surface area contributed by atoms with Crippen LogP contribution in [0.4, 0.5) is 8.78 Å². The normalized spacial score (nSPS) is 23.7. The molecule has 1 heterocycles. The fourth-order valence-corrected chi connectivity index (χ4v) is 11.2. The predicted molar refractivity (Wildman–Crippen MR) is 255 cm³/mol. The van der Waals surface area contributed by atoms with Crippen molar-refractivity contribution in [2.45, 2.75) is 121 Å². The van der Waals surface area contributed by atoms with Crippen molar-refractivity contribution in [3.8, 4) is 11.5 Å². The quantitative estimate of drug-likeness (QED) is 0.0433. The molecular formula is C56H66F2N2O7. The monoisotopic (exact) mass is 916 g/mol. The van der Waals surface area contributed by atoms with Crippen molar-refractivity contribution in [2.24, 2.45) is 28.8 Å². The Morgan fingerprint density at radius 2 is 1.61 bits per heavy atom. The van der Waals surface area contributed by atoms with Gasteiger partial charge in [0.25, 0.3) is 0 Å². The van der Waals surface area contributed by atoms with Gasteiger partial charge in [-0.15, -0.1) is 6.58 Å². The third-order valence-corrected chi connectivity index (χ3v) is 14.4. The van der Waals surface area contributed by atoms with Crippen LogP contribution >= 0.6 is 0 Å². The second-order valence-electron chi connectivity index (χ2n) is 18.7. The van der Waals surface area contributed by atoms with Crippen LogP contribution in [0.3, 0.4) is 0 Å². The summed E-state index contributed by atoms with van der Waals surface area (Å²) in [5.74, 6) is -1.33. The van der Waals surface area contributed by atoms with Crippen LogP contribution in [-0.2, 0) is 34.1 Å². The first-order valence-corrected chi connectivity index (χ1v) is 24.5. The molecular weight excluding hydrogens is 851 g/mol. The van der Waals surface area contributed by atoms with Crippen molar-refractivity contribution in [3.63, 3.8) is 0 Å². The second-order valence-corrected chi connectivity index (χ2v) is 18.7. The fraction of sp³-hybridized carbons (Fsp3) is 0.464. The van der Waals surface area contributed by atoms with Crippen molar-refractivity contribution < 1.29 is 42.8 Å². The van der Waals surface area contributed by atoms with Crippen LogP contribution in [0.1, 0.15) is 112 Å². The van der Waals surface area contributed by atoms with Gasteiger partial charge in [-0.3, -0.25) is 4.79 Å². The van der Waals surface area contributed by atoms with Gasteiger partial charge in [-0.1, -0.05) is 116 Å². The lowest BCUT2D eigenvalue weighted by Gasteiger charge is -2.60. The number of unbranched alkanes of at least 4 members (excludes halogenated alkanes) is 2. The highest BCUT2D eigenvalue weighted by molar-refractivity contribution is 6.03. The van der Waals surface area contributed by atoms with E-state index in [2.05, 4.69) is 12.7 Å². The molecule has 356 valence electrons. The Kier molecular flexibility index (Phi) is 16.6. The van der Waals surface area contributed by atoms with Gasteiger partial charge in [-0.05, 0) is 103 Å². The number of carbonyl (C=O) groups is 1. The van der Waals surface area contributed by atoms with E-state index in [0.29, 0.717) is 48.0 Å². The van der Waals surface area contributed by atoms with Crippen LogP contribution in [0.5, 0.6) is 11.5 Å². The Morgan fingerprint density at radius 1 is 0.866 bits per heavy atom. The summed E-state index contributed by atoms with van der Waals surface area (Å²) in [5, 5.41) is 25.0. The molecule has 6 unspecified atom stereocenters. The number of nitrogens with zero attached hydrogens (tertiary/aromatic N) is 2. The molecule has 4 aliphatic rings. The first-order chi connectivity index (χ1) is 32.8. The van der Waals surface area contributed by atoms with Crippen LogP contribution in [-0.4, -0.2) is 58.4 Å². The Bertz CT molecular complexity index is 2320. The highest BCUT2D eigenvalue weighted by atomic mass is 19.1. The average Bonchev–Trinajstić information content (AvgIpc) is 3.88. The van der Waals surface area contributed by atoms with E-state index in [0.717, 1.165) is 67.2 Å². The highest BCUT2D eigenvalue weighted by Gasteiger charge is 2.65. The number of hydrogen-bond acceptors (Lipinski definition) is 8. The molecule has 1 amide bonds. The van der Waals surface area contributed by atoms with Gasteiger partial charge in [0.1, 0.15) is 42.4 Å². The third kappa shape index (κ3) is 11.3. The summed E-state index contributed by atoms with van der Waals surface area (Å²) in [6, 6.07) is 27.8. The van der Waals surface area contributed by atoms with E-state index in [1.807, 2.05) is 53.4 Å². The van der Waals surface area contributed by atoms with Crippen LogP contribution < -0.4 is 9.47 Å². The number of allylic oxidation sites excluding steroid dienone is 1. The van der Waals surface area contributed by atoms with Gasteiger partial charge in [0.2, 0.25) is 11.7 Å². The Labute approximate surface area is 394 Å². The Morgan fingerprint density at radius 3 is 2.36 bits per heavy atom. The SMILES string of the molecule is C=CCOC12Oc3ccc(OCc4ccccc4F)cc3C3C(CCCCO)C(CCCCO)C=C(C(=NOCc4ccccc4)CC1N(Cc1ccc(F)cc1)C(=O)CCC1CCCC1)C32. The molecule has 4 aromatic rings.